The van der Waals surface area contributed by atoms with Crippen LogP contribution in [0.3, 0.4) is 0 Å². The van der Waals surface area contributed by atoms with Crippen LogP contribution in [0.15, 0.2) is 30.3 Å². The molecule has 0 radical (unpaired) electrons. The number of fused-ring (bicyclic) bond motifs is 1. The average Bonchev–Trinajstić information content (AvgIpc) is 2.38. The highest BCUT2D eigenvalue weighted by Crippen LogP contribution is 2.23. The molecule has 1 heterocycles. The van der Waals surface area contributed by atoms with E-state index >= 15 is 0 Å². The van der Waals surface area contributed by atoms with Crippen LogP contribution in [0.2, 0.25) is 0 Å². The Balaban J connectivity index is 2.49. The molecule has 0 aliphatic rings. The van der Waals surface area contributed by atoms with E-state index in [1.807, 2.05) is 25.1 Å². The maximum Gasteiger partial charge on any atom is 0.241 e. The number of rotatable bonds is 4. The van der Waals surface area contributed by atoms with Crippen LogP contribution in [0.5, 0.6) is 0 Å². The van der Waals surface area contributed by atoms with Gasteiger partial charge in [-0.05, 0) is 26.0 Å². The predicted molar refractivity (Wildman–Crippen MR) is 85.3 cm³/mol. The van der Waals surface area contributed by atoms with Crippen molar-refractivity contribution in [2.45, 2.75) is 19.1 Å². The van der Waals surface area contributed by atoms with Gasteiger partial charge in [-0.3, -0.25) is 9.71 Å². The highest BCUT2D eigenvalue weighted by Gasteiger charge is 2.24. The lowest BCUT2D eigenvalue weighted by Gasteiger charge is -2.14. The molecule has 0 amide bonds. The zero-order chi connectivity index (χ0) is 14.9. The number of hydrogen-bond acceptors (Lipinski definition) is 4. The summed E-state index contributed by atoms with van der Waals surface area (Å²) in [5, 5.41) is -0.0867. The average molecular weight is 309 g/mol. The van der Waals surface area contributed by atoms with E-state index in [0.29, 0.717) is 11.2 Å². The van der Waals surface area contributed by atoms with E-state index in [4.69, 9.17) is 18.0 Å². The minimum atomic E-state index is -3.67. The van der Waals surface area contributed by atoms with Crippen LogP contribution in [0.1, 0.15) is 12.6 Å². The zero-order valence-corrected chi connectivity index (χ0v) is 12.8. The number of hydrogen-bond donors (Lipinski definition) is 2. The van der Waals surface area contributed by atoms with E-state index in [2.05, 4.69) is 9.71 Å². The van der Waals surface area contributed by atoms with Crippen LogP contribution in [0, 0.1) is 6.92 Å². The normalized spacial score (nSPS) is 13.1. The van der Waals surface area contributed by atoms with Crippen molar-refractivity contribution < 1.29 is 8.42 Å². The van der Waals surface area contributed by atoms with Gasteiger partial charge in [0.15, 0.2) is 0 Å². The van der Waals surface area contributed by atoms with Gasteiger partial charge in [-0.25, -0.2) is 8.42 Å². The highest BCUT2D eigenvalue weighted by atomic mass is 32.2. The zero-order valence-electron chi connectivity index (χ0n) is 11.1. The summed E-state index contributed by atoms with van der Waals surface area (Å²) < 4.78 is 26.8. The second-order valence-electron chi connectivity index (χ2n) is 4.52. The first kappa shape index (κ1) is 14.7. The molecule has 0 bridgehead atoms. The Kier molecular flexibility index (Phi) is 3.92. The van der Waals surface area contributed by atoms with E-state index in [0.717, 1.165) is 11.1 Å². The first-order valence-corrected chi connectivity index (χ1v) is 7.94. The molecule has 0 spiro atoms. The molecule has 0 aliphatic carbocycles. The Bertz CT molecular complexity index is 772. The molecule has 1 aromatic carbocycles. The topological polar surface area (TPSA) is 85.1 Å². The van der Waals surface area contributed by atoms with Crippen LogP contribution in [-0.2, 0) is 10.0 Å². The number of nitrogens with zero attached hydrogens (tertiary/aromatic N) is 1. The lowest BCUT2D eigenvalue weighted by Crippen LogP contribution is -2.35. The monoisotopic (exact) mass is 309 g/mol. The number of para-hydroxylation sites is 1. The number of aromatic nitrogens is 1. The maximum absolute atomic E-state index is 12.2. The number of benzene rings is 1. The summed E-state index contributed by atoms with van der Waals surface area (Å²) in [6, 6.07) is 9.07. The molecular weight excluding hydrogens is 294 g/mol. The molecule has 0 aliphatic heterocycles. The fourth-order valence-corrected chi connectivity index (χ4v) is 3.06. The van der Waals surface area contributed by atoms with Gasteiger partial charge in [0.05, 0.1) is 16.2 Å². The van der Waals surface area contributed by atoms with Gasteiger partial charge in [0, 0.05) is 11.1 Å². The van der Waals surface area contributed by atoms with Gasteiger partial charge in [-0.15, -0.1) is 0 Å². The quantitative estimate of drug-likeness (QED) is 0.843. The van der Waals surface area contributed by atoms with Crippen LogP contribution in [0.4, 0.5) is 5.69 Å². The molecule has 5 nitrogen and oxygen atoms in total. The number of sulfonamides is 1. The molecule has 7 heteroatoms. The molecule has 1 unspecified atom stereocenters. The molecule has 0 saturated carbocycles. The van der Waals surface area contributed by atoms with Crippen molar-refractivity contribution in [1.29, 1.82) is 0 Å². The molecule has 2 rings (SSSR count). The van der Waals surface area contributed by atoms with Crippen molar-refractivity contribution in [2.24, 2.45) is 5.73 Å². The van der Waals surface area contributed by atoms with Gasteiger partial charge in [-0.2, -0.15) is 0 Å². The summed E-state index contributed by atoms with van der Waals surface area (Å²) in [4.78, 5) is 4.31. The van der Waals surface area contributed by atoms with E-state index < -0.39 is 15.3 Å². The maximum atomic E-state index is 12.2. The third-order valence-corrected chi connectivity index (χ3v) is 5.17. The molecule has 1 aromatic heterocycles. The molecule has 2 aromatic rings. The third-order valence-electron chi connectivity index (χ3n) is 2.98. The number of pyridine rings is 1. The molecule has 0 fully saturated rings. The van der Waals surface area contributed by atoms with Crippen molar-refractivity contribution in [3.8, 4) is 0 Å². The van der Waals surface area contributed by atoms with Gasteiger partial charge in [-0.1, -0.05) is 30.4 Å². The van der Waals surface area contributed by atoms with Gasteiger partial charge in [0.25, 0.3) is 0 Å². The molecule has 106 valence electrons. The van der Waals surface area contributed by atoms with Crippen LogP contribution in [-0.4, -0.2) is 23.6 Å². The second-order valence-corrected chi connectivity index (χ2v) is 6.99. The largest absolute Gasteiger partial charge is 0.392 e. The minimum Gasteiger partial charge on any atom is -0.392 e. The van der Waals surface area contributed by atoms with Crippen molar-refractivity contribution in [2.75, 3.05) is 4.72 Å². The minimum absolute atomic E-state index is 0.0677. The fraction of sp³-hybridized carbons (Fsp3) is 0.231. The number of nitrogens with one attached hydrogen (secondary N) is 1. The van der Waals surface area contributed by atoms with Gasteiger partial charge in [0.1, 0.15) is 5.25 Å². The Hall–Kier alpha value is -1.73. The van der Waals surface area contributed by atoms with Crippen LogP contribution in [0.25, 0.3) is 10.9 Å². The number of nitrogens with two attached hydrogens (primary N) is 1. The molecule has 3 N–H and O–H groups in total. The lowest BCUT2D eigenvalue weighted by molar-refractivity contribution is 0.598. The van der Waals surface area contributed by atoms with Crippen molar-refractivity contribution in [3.05, 3.63) is 36.0 Å². The van der Waals surface area contributed by atoms with Gasteiger partial charge < -0.3 is 5.73 Å². The molecule has 1 atom stereocenters. The van der Waals surface area contributed by atoms with E-state index in [-0.39, 0.29) is 4.99 Å². The van der Waals surface area contributed by atoms with Crippen molar-refractivity contribution in [3.63, 3.8) is 0 Å². The Morgan fingerprint density at radius 3 is 2.70 bits per heavy atom. The Morgan fingerprint density at radius 1 is 1.35 bits per heavy atom. The van der Waals surface area contributed by atoms with Crippen molar-refractivity contribution in [1.82, 2.24) is 4.98 Å². The fourth-order valence-electron chi connectivity index (χ4n) is 1.72. The van der Waals surface area contributed by atoms with E-state index in [9.17, 15) is 8.42 Å². The molecular formula is C13H15N3O2S2. The molecule has 0 saturated heterocycles. The SMILES string of the molecule is Cc1ccc2cccc(NS(=O)(=O)C(C)C(N)=S)c2n1. The predicted octanol–water partition coefficient (Wildman–Crippen LogP) is 1.96. The summed E-state index contributed by atoms with van der Waals surface area (Å²) >= 11 is 4.74. The second kappa shape index (κ2) is 5.34. The Labute approximate surface area is 123 Å². The van der Waals surface area contributed by atoms with Gasteiger partial charge in [0.2, 0.25) is 10.0 Å². The summed E-state index contributed by atoms with van der Waals surface area (Å²) in [5.74, 6) is 0. The van der Waals surface area contributed by atoms with Crippen LogP contribution < -0.4 is 10.5 Å². The number of thiocarbonyl (C=S) groups is 1. The van der Waals surface area contributed by atoms with Gasteiger partial charge >= 0.3 is 0 Å². The highest BCUT2D eigenvalue weighted by molar-refractivity contribution is 7.95. The molecule has 20 heavy (non-hydrogen) atoms. The number of aryl methyl sites for hydroxylation is 1. The lowest BCUT2D eigenvalue weighted by atomic mass is 10.2. The first-order valence-electron chi connectivity index (χ1n) is 5.98. The first-order chi connectivity index (χ1) is 9.31. The summed E-state index contributed by atoms with van der Waals surface area (Å²) in [6.07, 6.45) is 0. The standard InChI is InChI=1S/C13H15N3O2S2/c1-8-6-7-10-4-3-5-11(12(10)15-8)16-20(17,18)9(2)13(14)19/h3-7,9,16H,1-2H3,(H2,14,19). The third kappa shape index (κ3) is 2.88. The summed E-state index contributed by atoms with van der Waals surface area (Å²) in [6.45, 7) is 3.30. The smallest absolute Gasteiger partial charge is 0.241 e. The van der Waals surface area contributed by atoms with Crippen LogP contribution >= 0.6 is 12.2 Å². The van der Waals surface area contributed by atoms with E-state index in [1.54, 1.807) is 12.1 Å². The van der Waals surface area contributed by atoms with E-state index in [1.165, 1.54) is 6.92 Å². The number of anilines is 1. The Morgan fingerprint density at radius 2 is 2.05 bits per heavy atom. The summed E-state index contributed by atoms with van der Waals surface area (Å²) in [7, 11) is -3.67. The van der Waals surface area contributed by atoms with Crippen molar-refractivity contribution >= 4 is 43.8 Å². The summed E-state index contributed by atoms with van der Waals surface area (Å²) in [5.41, 5.74) is 7.25.